The van der Waals surface area contributed by atoms with Gasteiger partial charge in [0.15, 0.2) is 0 Å². The van der Waals surface area contributed by atoms with Crippen LogP contribution in [0.15, 0.2) is 60.7 Å². The van der Waals surface area contributed by atoms with Crippen LogP contribution in [0, 0.1) is 5.92 Å². The van der Waals surface area contributed by atoms with E-state index in [0.717, 1.165) is 17.4 Å². The highest BCUT2D eigenvalue weighted by Gasteiger charge is 2.45. The summed E-state index contributed by atoms with van der Waals surface area (Å²) in [6.07, 6.45) is 1.03. The molecular formula is C16H16N2O. The fourth-order valence-electron chi connectivity index (χ4n) is 2.84. The third-order valence-electron chi connectivity index (χ3n) is 3.79. The van der Waals surface area contributed by atoms with Gasteiger partial charge in [0.1, 0.15) is 6.29 Å². The molecule has 3 rings (SSSR count). The van der Waals surface area contributed by atoms with Gasteiger partial charge in [0.05, 0.1) is 11.5 Å². The highest BCUT2D eigenvalue weighted by Crippen LogP contribution is 2.37. The Morgan fingerprint density at radius 3 is 1.95 bits per heavy atom. The summed E-state index contributed by atoms with van der Waals surface area (Å²) in [7, 11) is 0. The van der Waals surface area contributed by atoms with Crippen LogP contribution in [0.5, 0.6) is 0 Å². The van der Waals surface area contributed by atoms with Gasteiger partial charge in [-0.2, -0.15) is 0 Å². The van der Waals surface area contributed by atoms with E-state index in [1.807, 2.05) is 36.4 Å². The Balaban J connectivity index is 2.19. The average molecular weight is 252 g/mol. The minimum atomic E-state index is -0.482. The highest BCUT2D eigenvalue weighted by molar-refractivity contribution is 5.62. The maximum Gasteiger partial charge on any atom is 0.127 e. The van der Waals surface area contributed by atoms with Crippen LogP contribution in [0.1, 0.15) is 11.1 Å². The zero-order valence-electron chi connectivity index (χ0n) is 10.5. The van der Waals surface area contributed by atoms with Gasteiger partial charge in [0.2, 0.25) is 0 Å². The molecule has 1 heterocycles. The largest absolute Gasteiger partial charge is 0.303 e. The molecule has 2 aromatic carbocycles. The molecule has 1 atom stereocenters. The number of aldehydes is 1. The van der Waals surface area contributed by atoms with Gasteiger partial charge in [-0.05, 0) is 11.1 Å². The molecule has 2 N–H and O–H groups in total. The number of carbonyl (C=O) groups excluding carboxylic acids is 1. The zero-order chi connectivity index (χ0) is 13.1. The summed E-state index contributed by atoms with van der Waals surface area (Å²) in [4.78, 5) is 11.5. The van der Waals surface area contributed by atoms with Crippen molar-refractivity contribution in [1.82, 2.24) is 10.9 Å². The van der Waals surface area contributed by atoms with E-state index in [2.05, 4.69) is 35.1 Å². The van der Waals surface area contributed by atoms with Gasteiger partial charge in [-0.1, -0.05) is 60.7 Å². The molecule has 0 spiro atoms. The van der Waals surface area contributed by atoms with Crippen molar-refractivity contribution in [2.24, 2.45) is 5.92 Å². The Bertz CT molecular complexity index is 514. The summed E-state index contributed by atoms with van der Waals surface area (Å²) in [5.74, 6) is -0.128. The summed E-state index contributed by atoms with van der Waals surface area (Å²) < 4.78 is 0. The molecule has 19 heavy (non-hydrogen) atoms. The lowest BCUT2D eigenvalue weighted by Crippen LogP contribution is -2.46. The Kier molecular flexibility index (Phi) is 3.15. The van der Waals surface area contributed by atoms with E-state index in [4.69, 9.17) is 0 Å². The molecule has 0 saturated carbocycles. The predicted molar refractivity (Wildman–Crippen MR) is 74.4 cm³/mol. The molecule has 1 aliphatic heterocycles. The van der Waals surface area contributed by atoms with E-state index >= 15 is 0 Å². The van der Waals surface area contributed by atoms with Crippen LogP contribution in [0.3, 0.4) is 0 Å². The molecule has 96 valence electrons. The number of hydrazine groups is 1. The Hall–Kier alpha value is -1.97. The van der Waals surface area contributed by atoms with Gasteiger partial charge in [-0.25, -0.2) is 5.43 Å². The number of nitrogens with one attached hydrogen (secondary N) is 2. The first-order valence-electron chi connectivity index (χ1n) is 6.44. The topological polar surface area (TPSA) is 41.1 Å². The SMILES string of the molecule is O=CC1CNNC1(c1ccccc1)c1ccccc1. The maximum atomic E-state index is 11.5. The Labute approximate surface area is 112 Å². The van der Waals surface area contributed by atoms with Crippen LogP contribution in [0.2, 0.25) is 0 Å². The van der Waals surface area contributed by atoms with Crippen molar-refractivity contribution in [3.63, 3.8) is 0 Å². The lowest BCUT2D eigenvalue weighted by atomic mass is 9.75. The molecule has 1 unspecified atom stereocenters. The summed E-state index contributed by atoms with van der Waals surface area (Å²) >= 11 is 0. The molecule has 0 radical (unpaired) electrons. The van der Waals surface area contributed by atoms with Gasteiger partial charge in [0.25, 0.3) is 0 Å². The van der Waals surface area contributed by atoms with Gasteiger partial charge < -0.3 is 4.79 Å². The molecule has 1 aliphatic rings. The summed E-state index contributed by atoms with van der Waals surface area (Å²) in [5.41, 5.74) is 8.17. The Morgan fingerprint density at radius 1 is 0.947 bits per heavy atom. The molecular weight excluding hydrogens is 236 g/mol. The Morgan fingerprint density at radius 2 is 1.47 bits per heavy atom. The van der Waals surface area contributed by atoms with Gasteiger partial charge in [-0.3, -0.25) is 5.43 Å². The maximum absolute atomic E-state index is 11.5. The quantitative estimate of drug-likeness (QED) is 0.819. The number of rotatable bonds is 3. The second-order valence-electron chi connectivity index (χ2n) is 4.79. The van der Waals surface area contributed by atoms with Crippen LogP contribution in [0.25, 0.3) is 0 Å². The van der Waals surface area contributed by atoms with Gasteiger partial charge in [0, 0.05) is 6.54 Å². The molecule has 0 bridgehead atoms. The van der Waals surface area contributed by atoms with Crippen molar-refractivity contribution in [1.29, 1.82) is 0 Å². The fourth-order valence-corrected chi connectivity index (χ4v) is 2.84. The zero-order valence-corrected chi connectivity index (χ0v) is 10.5. The average Bonchev–Trinajstić information content (AvgIpc) is 2.94. The molecule has 0 aliphatic carbocycles. The van der Waals surface area contributed by atoms with Crippen LogP contribution >= 0.6 is 0 Å². The minimum Gasteiger partial charge on any atom is -0.303 e. The summed E-state index contributed by atoms with van der Waals surface area (Å²) in [5, 5.41) is 0. The second-order valence-corrected chi connectivity index (χ2v) is 4.79. The number of hydrogen-bond acceptors (Lipinski definition) is 3. The van der Waals surface area contributed by atoms with E-state index in [1.165, 1.54) is 0 Å². The lowest BCUT2D eigenvalue weighted by molar-refractivity contribution is -0.111. The molecule has 3 heteroatoms. The monoisotopic (exact) mass is 252 g/mol. The third kappa shape index (κ3) is 1.87. The van der Waals surface area contributed by atoms with Crippen molar-refractivity contribution in [3.8, 4) is 0 Å². The van der Waals surface area contributed by atoms with Crippen LogP contribution < -0.4 is 10.9 Å². The molecule has 1 saturated heterocycles. The third-order valence-corrected chi connectivity index (χ3v) is 3.79. The first-order chi connectivity index (χ1) is 9.38. The standard InChI is InChI=1S/C16H16N2O/c19-12-15-11-17-18-16(15,13-7-3-1-4-8-13)14-9-5-2-6-10-14/h1-10,12,15,17-18H,11H2. The fraction of sp³-hybridized carbons (Fsp3) is 0.188. The van der Waals surface area contributed by atoms with E-state index < -0.39 is 5.54 Å². The molecule has 1 fully saturated rings. The van der Waals surface area contributed by atoms with E-state index in [1.54, 1.807) is 0 Å². The number of hydrogen-bond donors (Lipinski definition) is 2. The molecule has 0 amide bonds. The normalized spacial score (nSPS) is 21.2. The number of carbonyl (C=O) groups is 1. The van der Waals surface area contributed by atoms with Gasteiger partial charge >= 0.3 is 0 Å². The van der Waals surface area contributed by atoms with E-state index in [-0.39, 0.29) is 5.92 Å². The second kappa shape index (κ2) is 4.96. The van der Waals surface area contributed by atoms with Crippen molar-refractivity contribution >= 4 is 6.29 Å². The van der Waals surface area contributed by atoms with Crippen molar-refractivity contribution in [2.75, 3.05) is 6.54 Å². The van der Waals surface area contributed by atoms with Crippen LogP contribution in [-0.2, 0) is 10.3 Å². The number of benzene rings is 2. The molecule has 0 aromatic heterocycles. The van der Waals surface area contributed by atoms with Crippen molar-refractivity contribution in [2.45, 2.75) is 5.54 Å². The minimum absolute atomic E-state index is 0.128. The van der Waals surface area contributed by atoms with Gasteiger partial charge in [-0.15, -0.1) is 0 Å². The highest BCUT2D eigenvalue weighted by atomic mass is 16.1. The van der Waals surface area contributed by atoms with Crippen molar-refractivity contribution in [3.05, 3.63) is 71.8 Å². The summed E-state index contributed by atoms with van der Waals surface area (Å²) in [6, 6.07) is 20.2. The van der Waals surface area contributed by atoms with E-state index in [0.29, 0.717) is 6.54 Å². The predicted octanol–water partition coefficient (Wildman–Crippen LogP) is 1.85. The smallest absolute Gasteiger partial charge is 0.127 e. The summed E-state index contributed by atoms with van der Waals surface area (Å²) in [6.45, 7) is 0.632. The van der Waals surface area contributed by atoms with Crippen LogP contribution in [-0.4, -0.2) is 12.8 Å². The molecule has 2 aromatic rings. The van der Waals surface area contributed by atoms with E-state index in [9.17, 15) is 4.79 Å². The first-order valence-corrected chi connectivity index (χ1v) is 6.44. The lowest BCUT2D eigenvalue weighted by Gasteiger charge is -2.33. The first kappa shape index (κ1) is 12.1. The van der Waals surface area contributed by atoms with Crippen LogP contribution in [0.4, 0.5) is 0 Å². The molecule has 3 nitrogen and oxygen atoms in total. The van der Waals surface area contributed by atoms with Crippen molar-refractivity contribution < 1.29 is 4.79 Å².